The molecule has 2 aromatic carbocycles. The molecule has 7 heteroatoms. The summed E-state index contributed by atoms with van der Waals surface area (Å²) < 4.78 is 0. The predicted molar refractivity (Wildman–Crippen MR) is 127 cm³/mol. The average molecular weight is 452 g/mol. The van der Waals surface area contributed by atoms with Crippen molar-refractivity contribution in [2.24, 2.45) is 5.92 Å². The van der Waals surface area contributed by atoms with E-state index in [1.807, 2.05) is 42.5 Å². The standard InChI is InChI=1S/C26H33N3O4/c27-22-12-4-9-20(15-22)10-5-13-24(30)28-18-23-16-21(17-25(31)32)26(33)29(23)14-6-11-19-7-2-1-3-8-19/h1-4,7-9,12,15,21,23H,5-6,10-11,13-14,16-18,27H2,(H,28,30)(H,31,32)/t21-,23-/m0/s1. The van der Waals surface area contributed by atoms with Gasteiger partial charge in [0, 0.05) is 31.2 Å². The zero-order valence-corrected chi connectivity index (χ0v) is 18.9. The van der Waals surface area contributed by atoms with Gasteiger partial charge in [-0.05, 0) is 55.4 Å². The molecule has 0 radical (unpaired) electrons. The van der Waals surface area contributed by atoms with Gasteiger partial charge in [0.25, 0.3) is 0 Å². The molecule has 1 fully saturated rings. The van der Waals surface area contributed by atoms with Crippen LogP contribution in [-0.4, -0.2) is 46.9 Å². The molecule has 3 rings (SSSR count). The molecule has 0 saturated carbocycles. The summed E-state index contributed by atoms with van der Waals surface area (Å²) in [4.78, 5) is 38.2. The fraction of sp³-hybridized carbons (Fsp3) is 0.423. The largest absolute Gasteiger partial charge is 0.481 e. The number of likely N-dealkylation sites (tertiary alicyclic amines) is 1. The van der Waals surface area contributed by atoms with E-state index in [1.54, 1.807) is 4.90 Å². The summed E-state index contributed by atoms with van der Waals surface area (Å²) in [6, 6.07) is 17.5. The maximum atomic E-state index is 12.8. The Morgan fingerprint density at radius 2 is 1.76 bits per heavy atom. The highest BCUT2D eigenvalue weighted by Gasteiger charge is 2.39. The molecule has 1 aliphatic rings. The molecule has 0 spiro atoms. The lowest BCUT2D eigenvalue weighted by molar-refractivity contribution is -0.142. The van der Waals surface area contributed by atoms with Crippen LogP contribution in [0.2, 0.25) is 0 Å². The van der Waals surface area contributed by atoms with Crippen LogP contribution in [0, 0.1) is 5.92 Å². The highest BCUT2D eigenvalue weighted by molar-refractivity contribution is 5.85. The van der Waals surface area contributed by atoms with Gasteiger partial charge < -0.3 is 21.1 Å². The Balaban J connectivity index is 1.48. The maximum Gasteiger partial charge on any atom is 0.304 e. The normalized spacial score (nSPS) is 17.8. The number of carboxylic acid groups (broad SMARTS) is 1. The second kappa shape index (κ2) is 12.0. The first-order valence-electron chi connectivity index (χ1n) is 11.6. The lowest BCUT2D eigenvalue weighted by atomic mass is 10.0. The van der Waals surface area contributed by atoms with Crippen molar-refractivity contribution in [1.82, 2.24) is 10.2 Å². The molecule has 2 amide bonds. The third-order valence-corrected chi connectivity index (χ3v) is 6.11. The number of nitrogens with two attached hydrogens (primary N) is 1. The summed E-state index contributed by atoms with van der Waals surface area (Å²) in [5, 5.41) is 12.1. The fourth-order valence-electron chi connectivity index (χ4n) is 4.46. The van der Waals surface area contributed by atoms with Crippen molar-refractivity contribution < 1.29 is 19.5 Å². The number of aryl methyl sites for hydroxylation is 2. The van der Waals surface area contributed by atoms with Gasteiger partial charge in [-0.3, -0.25) is 14.4 Å². The second-order valence-electron chi connectivity index (χ2n) is 8.71. The maximum absolute atomic E-state index is 12.8. The van der Waals surface area contributed by atoms with Crippen LogP contribution in [0.3, 0.4) is 0 Å². The zero-order chi connectivity index (χ0) is 23.6. The molecule has 0 bridgehead atoms. The number of nitrogens with zero attached hydrogens (tertiary/aromatic N) is 1. The summed E-state index contributed by atoms with van der Waals surface area (Å²) in [5.41, 5.74) is 8.81. The molecular formula is C26H33N3O4. The van der Waals surface area contributed by atoms with Crippen LogP contribution >= 0.6 is 0 Å². The van der Waals surface area contributed by atoms with Crippen molar-refractivity contribution in [1.29, 1.82) is 0 Å². The van der Waals surface area contributed by atoms with Crippen molar-refractivity contribution in [2.45, 2.75) is 51.0 Å². The van der Waals surface area contributed by atoms with Crippen LogP contribution in [0.25, 0.3) is 0 Å². The quantitative estimate of drug-likeness (QED) is 0.429. The molecule has 1 aliphatic heterocycles. The summed E-state index contributed by atoms with van der Waals surface area (Å²) in [7, 11) is 0. The van der Waals surface area contributed by atoms with Gasteiger partial charge in [-0.15, -0.1) is 0 Å². The van der Waals surface area contributed by atoms with Crippen LogP contribution in [-0.2, 0) is 27.2 Å². The van der Waals surface area contributed by atoms with Gasteiger partial charge in [0.1, 0.15) is 0 Å². The summed E-state index contributed by atoms with van der Waals surface area (Å²) in [6.07, 6.45) is 3.80. The van der Waals surface area contributed by atoms with E-state index in [1.165, 1.54) is 5.56 Å². The number of anilines is 1. The van der Waals surface area contributed by atoms with E-state index in [-0.39, 0.29) is 24.3 Å². The van der Waals surface area contributed by atoms with Gasteiger partial charge in [-0.1, -0.05) is 42.5 Å². The van der Waals surface area contributed by atoms with Gasteiger partial charge in [0.2, 0.25) is 11.8 Å². The molecule has 7 nitrogen and oxygen atoms in total. The van der Waals surface area contributed by atoms with Crippen LogP contribution in [0.5, 0.6) is 0 Å². The van der Waals surface area contributed by atoms with Crippen LogP contribution < -0.4 is 11.1 Å². The van der Waals surface area contributed by atoms with Crippen molar-refractivity contribution in [3.05, 3.63) is 65.7 Å². The first-order chi connectivity index (χ1) is 15.9. The van der Waals surface area contributed by atoms with E-state index in [2.05, 4.69) is 17.4 Å². The summed E-state index contributed by atoms with van der Waals surface area (Å²) in [5.74, 6) is -1.67. The Kier molecular flexibility index (Phi) is 8.87. The second-order valence-corrected chi connectivity index (χ2v) is 8.71. The molecule has 2 aromatic rings. The number of aliphatic carboxylic acids is 1. The number of carboxylic acids is 1. The summed E-state index contributed by atoms with van der Waals surface area (Å²) in [6.45, 7) is 0.907. The van der Waals surface area contributed by atoms with Crippen LogP contribution in [0.15, 0.2) is 54.6 Å². The first-order valence-corrected chi connectivity index (χ1v) is 11.6. The lowest BCUT2D eigenvalue weighted by Crippen LogP contribution is -2.42. The van der Waals surface area contributed by atoms with Gasteiger partial charge >= 0.3 is 5.97 Å². The molecule has 1 heterocycles. The topological polar surface area (TPSA) is 113 Å². The van der Waals surface area contributed by atoms with Gasteiger partial charge in [0.05, 0.1) is 12.3 Å². The molecular weight excluding hydrogens is 418 g/mol. The van der Waals surface area contributed by atoms with Crippen LogP contribution in [0.1, 0.15) is 43.2 Å². The number of hydrogen-bond donors (Lipinski definition) is 3. The molecule has 0 aliphatic carbocycles. The highest BCUT2D eigenvalue weighted by Crippen LogP contribution is 2.27. The molecule has 2 atom stereocenters. The van der Waals surface area contributed by atoms with E-state index < -0.39 is 11.9 Å². The zero-order valence-electron chi connectivity index (χ0n) is 18.9. The van der Waals surface area contributed by atoms with E-state index in [4.69, 9.17) is 10.8 Å². The fourth-order valence-corrected chi connectivity index (χ4v) is 4.46. The number of benzene rings is 2. The SMILES string of the molecule is Nc1cccc(CCCC(=O)NC[C@@H]2C[C@@H](CC(=O)O)C(=O)N2CCCc2ccccc2)c1. The molecule has 1 saturated heterocycles. The molecule has 4 N–H and O–H groups in total. The van der Waals surface area contributed by atoms with Crippen molar-refractivity contribution in [3.63, 3.8) is 0 Å². The number of carbonyl (C=O) groups excluding carboxylic acids is 2. The molecule has 0 unspecified atom stereocenters. The monoisotopic (exact) mass is 451 g/mol. The Morgan fingerprint density at radius 1 is 1.03 bits per heavy atom. The summed E-state index contributed by atoms with van der Waals surface area (Å²) >= 11 is 0. The third-order valence-electron chi connectivity index (χ3n) is 6.11. The number of hydrogen-bond acceptors (Lipinski definition) is 4. The van der Waals surface area contributed by atoms with E-state index in [0.29, 0.717) is 38.0 Å². The third kappa shape index (κ3) is 7.63. The molecule has 0 aromatic heterocycles. The number of amides is 2. The minimum absolute atomic E-state index is 0.0581. The average Bonchev–Trinajstić information content (AvgIpc) is 3.07. The minimum atomic E-state index is -0.969. The first kappa shape index (κ1) is 24.3. The molecule has 33 heavy (non-hydrogen) atoms. The van der Waals surface area contributed by atoms with E-state index in [9.17, 15) is 14.4 Å². The number of rotatable bonds is 12. The molecule has 176 valence electrons. The Labute approximate surface area is 195 Å². The van der Waals surface area contributed by atoms with Crippen molar-refractivity contribution >= 4 is 23.5 Å². The minimum Gasteiger partial charge on any atom is -0.481 e. The Bertz CT molecular complexity index is 948. The number of nitrogens with one attached hydrogen (secondary N) is 1. The van der Waals surface area contributed by atoms with Gasteiger partial charge in [-0.2, -0.15) is 0 Å². The Hall–Kier alpha value is -3.35. The van der Waals surface area contributed by atoms with Crippen molar-refractivity contribution in [3.8, 4) is 0 Å². The van der Waals surface area contributed by atoms with Crippen LogP contribution in [0.4, 0.5) is 5.69 Å². The number of nitrogen functional groups attached to an aromatic ring is 1. The number of carbonyl (C=O) groups is 3. The van der Waals surface area contributed by atoms with Gasteiger partial charge in [-0.25, -0.2) is 0 Å². The Morgan fingerprint density at radius 3 is 2.48 bits per heavy atom. The predicted octanol–water partition coefficient (Wildman–Crippen LogP) is 3.03. The van der Waals surface area contributed by atoms with E-state index >= 15 is 0 Å². The lowest BCUT2D eigenvalue weighted by Gasteiger charge is -2.25. The van der Waals surface area contributed by atoms with Crippen molar-refractivity contribution in [2.75, 3.05) is 18.8 Å². The smallest absolute Gasteiger partial charge is 0.304 e. The van der Waals surface area contributed by atoms with E-state index in [0.717, 1.165) is 24.8 Å². The highest BCUT2D eigenvalue weighted by atomic mass is 16.4. The van der Waals surface area contributed by atoms with Gasteiger partial charge in [0.15, 0.2) is 0 Å².